The van der Waals surface area contributed by atoms with Crippen LogP contribution in [-0.2, 0) is 9.59 Å². The minimum absolute atomic E-state index is 0.0371. The first kappa shape index (κ1) is 13.8. The Morgan fingerprint density at radius 1 is 1.24 bits per heavy atom. The van der Waals surface area contributed by atoms with Gasteiger partial charge in [-0.25, -0.2) is 4.39 Å². The number of anilines is 1. The van der Waals surface area contributed by atoms with Gasteiger partial charge in [0.25, 0.3) is 0 Å². The lowest BCUT2D eigenvalue weighted by molar-refractivity contribution is -0.146. The van der Waals surface area contributed by atoms with E-state index in [9.17, 15) is 19.1 Å². The number of carbonyl (C=O) groups is 2. The Labute approximate surface area is 121 Å². The highest BCUT2D eigenvalue weighted by molar-refractivity contribution is 5.96. The standard InChI is InChI=1S/C16H16FNO3/c1-8-2-5-11(17)7-12(8)18-15(19)13-9-3-4-10(6-9)14(13)16(20)21/h2-5,7,9-10,13-14H,6H2,1H3,(H,18,19)(H,20,21)/t9-,10-,13+,14+/m0/s1. The molecule has 3 rings (SSSR count). The molecule has 1 saturated carbocycles. The van der Waals surface area contributed by atoms with Crippen molar-refractivity contribution in [2.45, 2.75) is 13.3 Å². The fraction of sp³-hybridized carbons (Fsp3) is 0.375. The van der Waals surface area contributed by atoms with Crippen molar-refractivity contribution in [1.82, 2.24) is 0 Å². The summed E-state index contributed by atoms with van der Waals surface area (Å²) in [4.78, 5) is 23.9. The smallest absolute Gasteiger partial charge is 0.307 e. The van der Waals surface area contributed by atoms with E-state index in [4.69, 9.17) is 0 Å². The number of nitrogens with one attached hydrogen (secondary N) is 1. The van der Waals surface area contributed by atoms with Gasteiger partial charge >= 0.3 is 5.97 Å². The molecule has 1 amide bonds. The van der Waals surface area contributed by atoms with Gasteiger partial charge in [-0.1, -0.05) is 18.2 Å². The van der Waals surface area contributed by atoms with Gasteiger partial charge in [0, 0.05) is 5.69 Å². The maximum atomic E-state index is 13.3. The summed E-state index contributed by atoms with van der Waals surface area (Å²) in [6.07, 6.45) is 4.52. The van der Waals surface area contributed by atoms with E-state index < -0.39 is 23.6 Å². The third-order valence-corrected chi connectivity index (χ3v) is 4.50. The number of aliphatic carboxylic acids is 1. The SMILES string of the molecule is Cc1ccc(F)cc1NC(=O)[C@H]1[C@H](C(=O)O)[C@H]2C=C[C@H]1C2. The molecule has 0 radical (unpaired) electrons. The van der Waals surface area contributed by atoms with E-state index in [2.05, 4.69) is 5.32 Å². The quantitative estimate of drug-likeness (QED) is 0.841. The number of rotatable bonds is 3. The van der Waals surface area contributed by atoms with Crippen LogP contribution < -0.4 is 5.32 Å². The molecule has 2 aliphatic carbocycles. The second-order valence-electron chi connectivity index (χ2n) is 5.79. The van der Waals surface area contributed by atoms with Crippen molar-refractivity contribution in [1.29, 1.82) is 0 Å². The second-order valence-corrected chi connectivity index (χ2v) is 5.79. The molecule has 110 valence electrons. The Balaban J connectivity index is 1.83. The van der Waals surface area contributed by atoms with E-state index in [1.807, 2.05) is 12.2 Å². The largest absolute Gasteiger partial charge is 0.481 e. The summed E-state index contributed by atoms with van der Waals surface area (Å²) in [5.41, 5.74) is 1.14. The van der Waals surface area contributed by atoms with Gasteiger partial charge in [-0.3, -0.25) is 9.59 Å². The lowest BCUT2D eigenvalue weighted by Gasteiger charge is -2.24. The topological polar surface area (TPSA) is 66.4 Å². The highest BCUT2D eigenvalue weighted by atomic mass is 19.1. The number of fused-ring (bicyclic) bond motifs is 2. The maximum absolute atomic E-state index is 13.3. The van der Waals surface area contributed by atoms with E-state index in [1.54, 1.807) is 13.0 Å². The van der Waals surface area contributed by atoms with Crippen LogP contribution in [0.25, 0.3) is 0 Å². The summed E-state index contributed by atoms with van der Waals surface area (Å²) in [6, 6.07) is 4.16. The first-order valence-corrected chi connectivity index (χ1v) is 6.95. The van der Waals surface area contributed by atoms with Gasteiger partial charge in [-0.05, 0) is 42.9 Å². The van der Waals surface area contributed by atoms with E-state index >= 15 is 0 Å². The van der Waals surface area contributed by atoms with Gasteiger partial charge in [-0.2, -0.15) is 0 Å². The van der Waals surface area contributed by atoms with Crippen molar-refractivity contribution in [2.24, 2.45) is 23.7 Å². The lowest BCUT2D eigenvalue weighted by atomic mass is 9.82. The van der Waals surface area contributed by atoms with E-state index in [1.165, 1.54) is 12.1 Å². The molecule has 0 unspecified atom stereocenters. The number of carboxylic acid groups (broad SMARTS) is 1. The van der Waals surface area contributed by atoms with Crippen LogP contribution in [0.1, 0.15) is 12.0 Å². The van der Waals surface area contributed by atoms with Gasteiger partial charge in [-0.15, -0.1) is 0 Å². The van der Waals surface area contributed by atoms with Gasteiger partial charge < -0.3 is 10.4 Å². The van der Waals surface area contributed by atoms with E-state index in [0.717, 1.165) is 5.56 Å². The van der Waals surface area contributed by atoms with Crippen LogP contribution in [0.2, 0.25) is 0 Å². The van der Waals surface area contributed by atoms with Crippen LogP contribution in [0, 0.1) is 36.4 Å². The first-order valence-electron chi connectivity index (χ1n) is 6.95. The van der Waals surface area contributed by atoms with Crippen molar-refractivity contribution in [3.8, 4) is 0 Å². The number of allylic oxidation sites excluding steroid dienone is 2. The Hall–Kier alpha value is -2.17. The van der Waals surface area contributed by atoms with Crippen molar-refractivity contribution in [3.05, 3.63) is 41.7 Å². The number of carboxylic acids is 1. The minimum Gasteiger partial charge on any atom is -0.481 e. The fourth-order valence-corrected chi connectivity index (χ4v) is 3.46. The molecule has 0 aliphatic heterocycles. The third-order valence-electron chi connectivity index (χ3n) is 4.50. The summed E-state index contributed by atoms with van der Waals surface area (Å²) < 4.78 is 13.3. The van der Waals surface area contributed by atoms with Gasteiger partial charge in [0.1, 0.15) is 5.82 Å². The fourth-order valence-electron chi connectivity index (χ4n) is 3.46. The number of hydrogen-bond acceptors (Lipinski definition) is 2. The number of aryl methyl sites for hydroxylation is 1. The molecule has 21 heavy (non-hydrogen) atoms. The molecule has 4 atom stereocenters. The monoisotopic (exact) mass is 289 g/mol. The molecule has 1 aromatic rings. The molecule has 2 aliphatic rings. The Morgan fingerprint density at radius 3 is 2.57 bits per heavy atom. The van der Waals surface area contributed by atoms with Crippen molar-refractivity contribution in [2.75, 3.05) is 5.32 Å². The van der Waals surface area contributed by atoms with Crippen LogP contribution >= 0.6 is 0 Å². The van der Waals surface area contributed by atoms with Crippen molar-refractivity contribution >= 4 is 17.6 Å². The molecule has 4 nitrogen and oxygen atoms in total. The summed E-state index contributed by atoms with van der Waals surface area (Å²) in [7, 11) is 0. The van der Waals surface area contributed by atoms with Crippen molar-refractivity contribution in [3.63, 3.8) is 0 Å². The summed E-state index contributed by atoms with van der Waals surface area (Å²) in [5.74, 6) is -3.09. The molecular weight excluding hydrogens is 273 g/mol. The second kappa shape index (κ2) is 4.98. The van der Waals surface area contributed by atoms with E-state index in [0.29, 0.717) is 12.1 Å². The normalized spacial score (nSPS) is 29.6. The zero-order valence-corrected chi connectivity index (χ0v) is 11.5. The number of halogens is 1. The van der Waals surface area contributed by atoms with Crippen LogP contribution in [-0.4, -0.2) is 17.0 Å². The average Bonchev–Trinajstić information content (AvgIpc) is 3.03. The highest BCUT2D eigenvalue weighted by Gasteiger charge is 2.51. The number of benzene rings is 1. The molecule has 0 heterocycles. The molecule has 0 saturated heterocycles. The summed E-state index contributed by atoms with van der Waals surface area (Å²) >= 11 is 0. The Kier molecular flexibility index (Phi) is 3.27. The molecule has 2 bridgehead atoms. The maximum Gasteiger partial charge on any atom is 0.307 e. The number of amides is 1. The van der Waals surface area contributed by atoms with Crippen LogP contribution in [0.15, 0.2) is 30.4 Å². The van der Waals surface area contributed by atoms with Crippen LogP contribution in [0.3, 0.4) is 0 Å². The predicted octanol–water partition coefficient (Wildman–Crippen LogP) is 2.60. The molecule has 5 heteroatoms. The zero-order chi connectivity index (χ0) is 15.1. The highest BCUT2D eigenvalue weighted by Crippen LogP contribution is 2.48. The molecule has 2 N–H and O–H groups in total. The summed E-state index contributed by atoms with van der Waals surface area (Å²) in [6.45, 7) is 1.77. The third kappa shape index (κ3) is 2.33. The van der Waals surface area contributed by atoms with E-state index in [-0.39, 0.29) is 17.7 Å². The Bertz CT molecular complexity index is 640. The van der Waals surface area contributed by atoms with Gasteiger partial charge in [0.05, 0.1) is 11.8 Å². The predicted molar refractivity (Wildman–Crippen MR) is 75.1 cm³/mol. The summed E-state index contributed by atoms with van der Waals surface area (Å²) in [5, 5.41) is 12.0. The van der Waals surface area contributed by atoms with Crippen LogP contribution in [0.4, 0.5) is 10.1 Å². The number of carbonyl (C=O) groups excluding carboxylic acids is 1. The minimum atomic E-state index is -0.942. The molecule has 0 spiro atoms. The van der Waals surface area contributed by atoms with Gasteiger partial charge in [0.2, 0.25) is 5.91 Å². The number of hydrogen-bond donors (Lipinski definition) is 2. The average molecular weight is 289 g/mol. The zero-order valence-electron chi connectivity index (χ0n) is 11.5. The Morgan fingerprint density at radius 2 is 1.90 bits per heavy atom. The molecule has 1 fully saturated rings. The molecule has 0 aromatic heterocycles. The van der Waals surface area contributed by atoms with Crippen molar-refractivity contribution < 1.29 is 19.1 Å². The molecule has 1 aromatic carbocycles. The van der Waals surface area contributed by atoms with Gasteiger partial charge in [0.15, 0.2) is 0 Å². The molecular formula is C16H16FNO3. The lowest BCUT2D eigenvalue weighted by Crippen LogP contribution is -2.36. The first-order chi connectivity index (χ1) is 9.97. The van der Waals surface area contributed by atoms with Crippen LogP contribution in [0.5, 0.6) is 0 Å².